The first-order chi connectivity index (χ1) is 12.1. The van der Waals surface area contributed by atoms with E-state index in [0.29, 0.717) is 28.2 Å². The molecule has 2 aromatic heterocycles. The molecule has 0 bridgehead atoms. The zero-order chi connectivity index (χ0) is 17.8. The van der Waals surface area contributed by atoms with Crippen LogP contribution in [-0.2, 0) is 11.3 Å². The predicted octanol–water partition coefficient (Wildman–Crippen LogP) is 3.25. The van der Waals surface area contributed by atoms with Crippen molar-refractivity contribution in [2.45, 2.75) is 30.8 Å². The molecule has 0 saturated heterocycles. The molecular weight excluding hydrogens is 358 g/mol. The zero-order valence-electron chi connectivity index (χ0n) is 13.7. The van der Waals surface area contributed by atoms with Crippen molar-refractivity contribution in [3.05, 3.63) is 35.8 Å². The number of thioether (sulfide) groups is 1. The van der Waals surface area contributed by atoms with Gasteiger partial charge in [-0.25, -0.2) is 4.98 Å². The summed E-state index contributed by atoms with van der Waals surface area (Å²) in [4.78, 5) is 16.3. The minimum absolute atomic E-state index is 0.144. The van der Waals surface area contributed by atoms with Gasteiger partial charge in [0.1, 0.15) is 5.75 Å². The molecule has 0 saturated carbocycles. The summed E-state index contributed by atoms with van der Waals surface area (Å²) < 4.78 is 1.88. The summed E-state index contributed by atoms with van der Waals surface area (Å²) in [7, 11) is 0. The molecule has 3 aromatic rings. The van der Waals surface area contributed by atoms with E-state index in [1.54, 1.807) is 29.8 Å². The highest BCUT2D eigenvalue weighted by molar-refractivity contribution is 8.00. The van der Waals surface area contributed by atoms with Gasteiger partial charge in [0.05, 0.1) is 10.8 Å². The quantitative estimate of drug-likeness (QED) is 0.643. The number of rotatable bonds is 6. The number of hydrogen-bond donors (Lipinski definition) is 2. The van der Waals surface area contributed by atoms with Crippen LogP contribution >= 0.6 is 23.1 Å². The van der Waals surface area contributed by atoms with Gasteiger partial charge in [0.15, 0.2) is 16.1 Å². The molecule has 0 aliphatic heterocycles. The third kappa shape index (κ3) is 3.83. The predicted molar refractivity (Wildman–Crippen MR) is 98.9 cm³/mol. The normalized spacial score (nSPS) is 12.1. The third-order valence-electron chi connectivity index (χ3n) is 3.49. The van der Waals surface area contributed by atoms with E-state index in [9.17, 15) is 9.90 Å². The number of para-hydroxylation sites is 1. The number of carbonyl (C=O) groups is 1. The standard InChI is InChI=1S/C16H17N5O2S2/c1-3-21-13(11-6-4-5-7-12(11)22)19-20-16(21)25-10(2)14(23)18-15-17-8-9-24-15/h4-10,22H,3H2,1-2H3,(H,17,18,23)/t10-/m1/s1. The molecule has 0 aliphatic rings. The maximum Gasteiger partial charge on any atom is 0.239 e. The zero-order valence-corrected chi connectivity index (χ0v) is 15.3. The van der Waals surface area contributed by atoms with Gasteiger partial charge in [0, 0.05) is 18.1 Å². The first-order valence-corrected chi connectivity index (χ1v) is 9.44. The fourth-order valence-electron chi connectivity index (χ4n) is 2.23. The first kappa shape index (κ1) is 17.4. The van der Waals surface area contributed by atoms with E-state index in [4.69, 9.17) is 0 Å². The molecule has 2 heterocycles. The van der Waals surface area contributed by atoms with Crippen LogP contribution in [-0.4, -0.2) is 36.0 Å². The van der Waals surface area contributed by atoms with Gasteiger partial charge in [-0.05, 0) is 26.0 Å². The van der Waals surface area contributed by atoms with E-state index < -0.39 is 0 Å². The van der Waals surface area contributed by atoms with Gasteiger partial charge in [-0.1, -0.05) is 23.9 Å². The second-order valence-corrected chi connectivity index (χ2v) is 7.36. The summed E-state index contributed by atoms with van der Waals surface area (Å²) in [6.07, 6.45) is 1.64. The monoisotopic (exact) mass is 375 g/mol. The van der Waals surface area contributed by atoms with Crippen molar-refractivity contribution >= 4 is 34.1 Å². The topological polar surface area (TPSA) is 92.9 Å². The fraction of sp³-hybridized carbons (Fsp3) is 0.250. The van der Waals surface area contributed by atoms with Crippen molar-refractivity contribution in [2.24, 2.45) is 0 Å². The van der Waals surface area contributed by atoms with Crippen LogP contribution in [0.5, 0.6) is 5.75 Å². The van der Waals surface area contributed by atoms with E-state index in [1.165, 1.54) is 23.1 Å². The number of nitrogens with zero attached hydrogens (tertiary/aromatic N) is 4. The van der Waals surface area contributed by atoms with Gasteiger partial charge >= 0.3 is 0 Å². The highest BCUT2D eigenvalue weighted by Crippen LogP contribution is 2.31. The second-order valence-electron chi connectivity index (χ2n) is 5.15. The lowest BCUT2D eigenvalue weighted by Gasteiger charge is -2.12. The number of aromatic hydroxyl groups is 1. The number of thiazole rings is 1. The number of phenols is 1. The van der Waals surface area contributed by atoms with Crippen LogP contribution in [0.2, 0.25) is 0 Å². The number of nitrogens with one attached hydrogen (secondary N) is 1. The van der Waals surface area contributed by atoms with Gasteiger partial charge in [-0.15, -0.1) is 21.5 Å². The Balaban J connectivity index is 1.79. The Kier molecular flexibility index (Phi) is 5.34. The van der Waals surface area contributed by atoms with Crippen LogP contribution in [0.15, 0.2) is 41.0 Å². The van der Waals surface area contributed by atoms with Crippen molar-refractivity contribution in [1.29, 1.82) is 0 Å². The van der Waals surface area contributed by atoms with Gasteiger partial charge in [0.2, 0.25) is 5.91 Å². The van der Waals surface area contributed by atoms with Crippen molar-refractivity contribution in [3.8, 4) is 17.1 Å². The average Bonchev–Trinajstić information content (AvgIpc) is 3.24. The Bertz CT molecular complexity index is 863. The molecular formula is C16H17N5O2S2. The van der Waals surface area contributed by atoms with E-state index in [-0.39, 0.29) is 16.9 Å². The molecule has 1 aromatic carbocycles. The molecule has 25 heavy (non-hydrogen) atoms. The molecule has 130 valence electrons. The second kappa shape index (κ2) is 7.66. The molecule has 0 spiro atoms. The number of phenolic OH excluding ortho intramolecular Hbond substituents is 1. The maximum absolute atomic E-state index is 12.3. The summed E-state index contributed by atoms with van der Waals surface area (Å²) in [6, 6.07) is 6.99. The molecule has 3 rings (SSSR count). The molecule has 0 unspecified atom stereocenters. The van der Waals surface area contributed by atoms with Gasteiger partial charge in [0.25, 0.3) is 0 Å². The SMILES string of the molecule is CCn1c(S[C@H](C)C(=O)Nc2nccs2)nnc1-c1ccccc1O. The molecule has 0 radical (unpaired) electrons. The third-order valence-corrected chi connectivity index (χ3v) is 5.26. The van der Waals surface area contributed by atoms with Crippen LogP contribution in [0, 0.1) is 0 Å². The minimum atomic E-state index is -0.365. The van der Waals surface area contributed by atoms with E-state index in [0.717, 1.165) is 0 Å². The Morgan fingerprint density at radius 3 is 2.88 bits per heavy atom. The Hall–Kier alpha value is -2.39. The first-order valence-electron chi connectivity index (χ1n) is 7.68. The molecule has 7 nitrogen and oxygen atoms in total. The number of aromatic nitrogens is 4. The fourth-order valence-corrected chi connectivity index (χ4v) is 3.67. The molecule has 9 heteroatoms. The van der Waals surface area contributed by atoms with Gasteiger partial charge in [-0.3, -0.25) is 4.79 Å². The molecule has 1 amide bonds. The Morgan fingerprint density at radius 1 is 1.40 bits per heavy atom. The number of hydrogen-bond acceptors (Lipinski definition) is 7. The summed E-state index contributed by atoms with van der Waals surface area (Å²) in [6.45, 7) is 4.40. The van der Waals surface area contributed by atoms with Crippen LogP contribution in [0.3, 0.4) is 0 Å². The number of benzene rings is 1. The highest BCUT2D eigenvalue weighted by atomic mass is 32.2. The van der Waals surface area contributed by atoms with E-state index >= 15 is 0 Å². The number of amides is 1. The summed E-state index contributed by atoms with van der Waals surface area (Å²) in [5.74, 6) is 0.584. The van der Waals surface area contributed by atoms with Gasteiger partial charge < -0.3 is 15.0 Å². The van der Waals surface area contributed by atoms with Crippen LogP contribution in [0.25, 0.3) is 11.4 Å². The lowest BCUT2D eigenvalue weighted by Crippen LogP contribution is -2.22. The number of carbonyl (C=O) groups excluding carboxylic acids is 1. The van der Waals surface area contributed by atoms with Crippen molar-refractivity contribution < 1.29 is 9.90 Å². The highest BCUT2D eigenvalue weighted by Gasteiger charge is 2.21. The van der Waals surface area contributed by atoms with Crippen LogP contribution < -0.4 is 5.32 Å². The molecule has 0 aliphatic carbocycles. The number of anilines is 1. The Morgan fingerprint density at radius 2 is 2.20 bits per heavy atom. The largest absolute Gasteiger partial charge is 0.507 e. The molecule has 0 fully saturated rings. The summed E-state index contributed by atoms with van der Waals surface area (Å²) in [5, 5.41) is 23.9. The lowest BCUT2D eigenvalue weighted by molar-refractivity contribution is -0.115. The molecule has 1 atom stereocenters. The molecule has 2 N–H and O–H groups in total. The lowest BCUT2D eigenvalue weighted by atomic mass is 10.2. The Labute approximate surface area is 153 Å². The van der Waals surface area contributed by atoms with Crippen LogP contribution in [0.1, 0.15) is 13.8 Å². The average molecular weight is 375 g/mol. The van der Waals surface area contributed by atoms with Crippen molar-refractivity contribution in [3.63, 3.8) is 0 Å². The van der Waals surface area contributed by atoms with Gasteiger partial charge in [-0.2, -0.15) is 0 Å². The van der Waals surface area contributed by atoms with E-state index in [2.05, 4.69) is 20.5 Å². The van der Waals surface area contributed by atoms with E-state index in [1.807, 2.05) is 24.5 Å². The maximum atomic E-state index is 12.3. The summed E-state index contributed by atoms with van der Waals surface area (Å²) >= 11 is 2.69. The van der Waals surface area contributed by atoms with Crippen molar-refractivity contribution in [2.75, 3.05) is 5.32 Å². The minimum Gasteiger partial charge on any atom is -0.507 e. The van der Waals surface area contributed by atoms with Crippen molar-refractivity contribution in [1.82, 2.24) is 19.7 Å². The van der Waals surface area contributed by atoms with Crippen LogP contribution in [0.4, 0.5) is 5.13 Å². The summed E-state index contributed by atoms with van der Waals surface area (Å²) in [5.41, 5.74) is 0.614. The smallest absolute Gasteiger partial charge is 0.239 e.